The number of hydrogen-bond acceptors (Lipinski definition) is 8. The minimum atomic E-state index is -0.339. The third-order valence-corrected chi connectivity index (χ3v) is 8.33. The van der Waals surface area contributed by atoms with E-state index in [1.54, 1.807) is 34.6 Å². The van der Waals surface area contributed by atoms with E-state index in [2.05, 4.69) is 15.9 Å². The summed E-state index contributed by atoms with van der Waals surface area (Å²) >= 11 is 6.74. The number of pyridine rings is 1. The van der Waals surface area contributed by atoms with Gasteiger partial charge in [-0.2, -0.15) is 5.26 Å². The highest BCUT2D eigenvalue weighted by Crippen LogP contribution is 2.36. The fraction of sp³-hybridized carbons (Fsp3) is 0.429. The first-order valence-electron chi connectivity index (χ1n) is 13.1. The lowest BCUT2D eigenvalue weighted by Gasteiger charge is -2.39. The van der Waals surface area contributed by atoms with E-state index in [-0.39, 0.29) is 22.8 Å². The second-order valence-corrected chi connectivity index (χ2v) is 10.9. The molecule has 0 bridgehead atoms. The van der Waals surface area contributed by atoms with E-state index in [9.17, 15) is 19.2 Å². The number of carbonyl (C=O) groups is 1. The number of nitriles is 1. The molecule has 11 heteroatoms. The summed E-state index contributed by atoms with van der Waals surface area (Å²) in [5.74, 6) is 0.238. The Kier molecular flexibility index (Phi) is 9.43. The van der Waals surface area contributed by atoms with E-state index < -0.39 is 0 Å². The van der Waals surface area contributed by atoms with Crippen LogP contribution < -0.4 is 15.4 Å². The molecule has 1 amide bonds. The maximum Gasteiger partial charge on any atom is 0.270 e. The van der Waals surface area contributed by atoms with Gasteiger partial charge in [-0.1, -0.05) is 24.0 Å². The lowest BCUT2D eigenvalue weighted by molar-refractivity contribution is -0.122. The third-order valence-electron chi connectivity index (χ3n) is 6.96. The molecule has 8 nitrogen and oxygen atoms in total. The fourth-order valence-corrected chi connectivity index (χ4v) is 6.19. The predicted molar refractivity (Wildman–Crippen MR) is 158 cm³/mol. The topological polar surface area (TPSA) is 81.8 Å². The highest BCUT2D eigenvalue weighted by Gasteiger charge is 2.33. The molecule has 2 aliphatic heterocycles. The number of rotatable bonds is 9. The van der Waals surface area contributed by atoms with Crippen LogP contribution in [0.3, 0.4) is 0 Å². The highest BCUT2D eigenvalue weighted by molar-refractivity contribution is 8.26. The SMILES string of the molecule is CCOCCCN1C(=O)/C(=C/c2c(C)c(C#N)c(=O)n(CC)c2N2CCN(c3ccc(F)cc3)CC2)SC1=S. The van der Waals surface area contributed by atoms with E-state index in [1.165, 1.54) is 23.9 Å². The summed E-state index contributed by atoms with van der Waals surface area (Å²) < 4.78 is 20.9. The van der Waals surface area contributed by atoms with Crippen LogP contribution in [0.25, 0.3) is 6.08 Å². The van der Waals surface area contributed by atoms with Gasteiger partial charge in [0.2, 0.25) is 0 Å². The lowest BCUT2D eigenvalue weighted by atomic mass is 10.0. The van der Waals surface area contributed by atoms with Crippen molar-refractivity contribution in [2.75, 3.05) is 55.7 Å². The van der Waals surface area contributed by atoms with Gasteiger partial charge >= 0.3 is 0 Å². The maximum atomic E-state index is 13.4. The molecule has 2 aromatic rings. The Balaban J connectivity index is 1.68. The summed E-state index contributed by atoms with van der Waals surface area (Å²) in [6.45, 7) is 10.1. The zero-order valence-corrected chi connectivity index (χ0v) is 24.0. The van der Waals surface area contributed by atoms with Crippen LogP contribution in [0, 0.1) is 24.1 Å². The number of anilines is 2. The van der Waals surface area contributed by atoms with E-state index in [1.807, 2.05) is 13.8 Å². The number of thioether (sulfide) groups is 1. The Morgan fingerprint density at radius 3 is 2.41 bits per heavy atom. The number of halogens is 1. The molecule has 0 saturated carbocycles. The van der Waals surface area contributed by atoms with Gasteiger partial charge in [0, 0.05) is 63.7 Å². The number of thiocarbonyl (C=S) groups is 1. The third kappa shape index (κ3) is 6.03. The monoisotopic (exact) mass is 569 g/mol. The summed E-state index contributed by atoms with van der Waals surface area (Å²) in [6.07, 6.45) is 2.46. The molecule has 0 atom stereocenters. The van der Waals surface area contributed by atoms with Crippen molar-refractivity contribution >= 4 is 51.8 Å². The van der Waals surface area contributed by atoms with Crippen LogP contribution >= 0.6 is 24.0 Å². The van der Waals surface area contributed by atoms with Crippen molar-refractivity contribution < 1.29 is 13.9 Å². The van der Waals surface area contributed by atoms with Gasteiger partial charge in [0.25, 0.3) is 11.5 Å². The van der Waals surface area contributed by atoms with E-state index >= 15 is 0 Å². The van der Waals surface area contributed by atoms with Gasteiger partial charge in [0.1, 0.15) is 27.6 Å². The summed E-state index contributed by atoms with van der Waals surface area (Å²) in [5, 5.41) is 9.82. The summed E-state index contributed by atoms with van der Waals surface area (Å²) in [4.78, 5) is 33.0. The Hall–Kier alpha value is -3.20. The van der Waals surface area contributed by atoms with Crippen molar-refractivity contribution in [2.24, 2.45) is 0 Å². The first kappa shape index (κ1) is 28.8. The smallest absolute Gasteiger partial charge is 0.270 e. The molecule has 2 saturated heterocycles. The number of piperazine rings is 1. The summed E-state index contributed by atoms with van der Waals surface area (Å²) in [6, 6.07) is 8.50. The molecule has 0 aliphatic carbocycles. The van der Waals surface area contributed by atoms with Gasteiger partial charge in [-0.05, 0) is 63.1 Å². The van der Waals surface area contributed by atoms with E-state index in [0.717, 1.165) is 5.69 Å². The van der Waals surface area contributed by atoms with Crippen LogP contribution in [0.1, 0.15) is 37.0 Å². The minimum Gasteiger partial charge on any atom is -0.382 e. The van der Waals surface area contributed by atoms with E-state index in [0.29, 0.717) is 85.1 Å². The van der Waals surface area contributed by atoms with Gasteiger partial charge in [0.05, 0.1) is 4.91 Å². The molecule has 206 valence electrons. The number of benzene rings is 1. The van der Waals surface area contributed by atoms with Gasteiger partial charge in [0.15, 0.2) is 0 Å². The predicted octanol–water partition coefficient (Wildman–Crippen LogP) is 4.14. The molecular weight excluding hydrogens is 537 g/mol. The lowest BCUT2D eigenvalue weighted by Crippen LogP contribution is -2.48. The molecule has 0 spiro atoms. The standard InChI is InChI=1S/C28H32FN5O3S2/c1-4-33-25(32-14-12-31(13-15-32)21-9-7-20(29)8-10-21)22(19(3)23(18-30)26(33)35)17-24-27(36)34(28(38)39-24)11-6-16-37-5-2/h7-10,17H,4-6,11-16H2,1-3H3/b24-17-. The summed E-state index contributed by atoms with van der Waals surface area (Å²) in [5.41, 5.74) is 1.90. The van der Waals surface area contributed by atoms with Crippen molar-refractivity contribution in [1.82, 2.24) is 9.47 Å². The van der Waals surface area contributed by atoms with Crippen LogP contribution in [0.5, 0.6) is 0 Å². The number of ether oxygens (including phenoxy) is 1. The van der Waals surface area contributed by atoms with Gasteiger partial charge in [-0.15, -0.1) is 0 Å². The van der Waals surface area contributed by atoms with Crippen molar-refractivity contribution in [1.29, 1.82) is 5.26 Å². The number of nitrogens with zero attached hydrogens (tertiary/aromatic N) is 5. The van der Waals surface area contributed by atoms with Crippen LogP contribution in [0.2, 0.25) is 0 Å². The van der Waals surface area contributed by atoms with Gasteiger partial charge in [-0.25, -0.2) is 4.39 Å². The first-order chi connectivity index (χ1) is 18.8. The molecule has 39 heavy (non-hydrogen) atoms. The average molecular weight is 570 g/mol. The van der Waals surface area contributed by atoms with Crippen molar-refractivity contribution in [3.05, 3.63) is 62.0 Å². The molecule has 0 N–H and O–H groups in total. The van der Waals surface area contributed by atoms with Crippen LogP contribution in [0.4, 0.5) is 15.9 Å². The molecular formula is C28H32FN5O3S2. The Labute approximate surface area is 237 Å². The van der Waals surface area contributed by atoms with Gasteiger partial charge < -0.3 is 14.5 Å². The quantitative estimate of drug-likeness (QED) is 0.253. The molecule has 0 unspecified atom stereocenters. The Morgan fingerprint density at radius 1 is 1.13 bits per heavy atom. The minimum absolute atomic E-state index is 0.0731. The van der Waals surface area contributed by atoms with Crippen molar-refractivity contribution in [3.8, 4) is 6.07 Å². The van der Waals surface area contributed by atoms with Crippen LogP contribution in [0.15, 0.2) is 34.0 Å². The molecule has 2 fully saturated rings. The molecule has 0 radical (unpaired) electrons. The van der Waals surface area contributed by atoms with E-state index in [4.69, 9.17) is 17.0 Å². The zero-order chi connectivity index (χ0) is 28.1. The normalized spacial score (nSPS) is 16.9. The molecule has 3 heterocycles. The highest BCUT2D eigenvalue weighted by atomic mass is 32.2. The van der Waals surface area contributed by atoms with Crippen LogP contribution in [-0.4, -0.2) is 65.6 Å². The van der Waals surface area contributed by atoms with Crippen molar-refractivity contribution in [3.63, 3.8) is 0 Å². The van der Waals surface area contributed by atoms with Crippen molar-refractivity contribution in [2.45, 2.75) is 33.7 Å². The zero-order valence-electron chi connectivity index (χ0n) is 22.4. The molecule has 1 aromatic heterocycles. The second kappa shape index (κ2) is 12.8. The maximum absolute atomic E-state index is 13.4. The largest absolute Gasteiger partial charge is 0.382 e. The van der Waals surface area contributed by atoms with Gasteiger partial charge in [-0.3, -0.25) is 19.1 Å². The first-order valence-corrected chi connectivity index (χ1v) is 14.3. The number of aromatic nitrogens is 1. The molecule has 2 aliphatic rings. The number of carbonyl (C=O) groups excluding carboxylic acids is 1. The summed E-state index contributed by atoms with van der Waals surface area (Å²) in [7, 11) is 0. The molecule has 1 aromatic carbocycles. The average Bonchev–Trinajstić information content (AvgIpc) is 3.20. The Bertz CT molecular complexity index is 1380. The number of amides is 1. The molecule has 4 rings (SSSR count). The van der Waals surface area contributed by atoms with Crippen LogP contribution in [-0.2, 0) is 16.1 Å². The second-order valence-electron chi connectivity index (χ2n) is 9.23. The number of hydrogen-bond donors (Lipinski definition) is 0. The fourth-order valence-electron chi connectivity index (χ4n) is 4.90. The Morgan fingerprint density at radius 2 is 1.79 bits per heavy atom.